The molecule has 0 aliphatic carbocycles. The monoisotopic (exact) mass is 277 g/mol. The Balaban J connectivity index is 1.89. The zero-order chi connectivity index (χ0) is 14.6. The Morgan fingerprint density at radius 3 is 2.95 bits per heavy atom. The van der Waals surface area contributed by atoms with Gasteiger partial charge in [0, 0.05) is 13.2 Å². The number of ether oxygens (including phenoxy) is 1. The number of benzene rings is 1. The number of fused-ring (bicyclic) bond motifs is 1. The summed E-state index contributed by atoms with van der Waals surface area (Å²) in [5, 5.41) is 12.0. The van der Waals surface area contributed by atoms with Crippen LogP contribution in [0.25, 0.3) is 0 Å². The lowest BCUT2D eigenvalue weighted by molar-refractivity contribution is -0.126. The molecule has 2 rings (SSSR count). The molecule has 1 aromatic rings. The van der Waals surface area contributed by atoms with Crippen LogP contribution in [0.1, 0.15) is 25.8 Å². The number of hydrogen-bond donors (Lipinski definition) is 2. The van der Waals surface area contributed by atoms with Crippen LogP contribution in [0.5, 0.6) is 5.75 Å². The van der Waals surface area contributed by atoms with Crippen molar-refractivity contribution in [1.82, 2.24) is 5.32 Å². The minimum absolute atomic E-state index is 0.0329. The lowest BCUT2D eigenvalue weighted by Gasteiger charge is -2.28. The number of aliphatic hydroxyl groups is 1. The topological polar surface area (TPSA) is 58.6 Å². The van der Waals surface area contributed by atoms with Gasteiger partial charge >= 0.3 is 0 Å². The molecule has 1 unspecified atom stereocenters. The van der Waals surface area contributed by atoms with Crippen molar-refractivity contribution in [2.24, 2.45) is 11.3 Å². The van der Waals surface area contributed by atoms with Gasteiger partial charge in [-0.25, -0.2) is 0 Å². The molecule has 0 saturated heterocycles. The van der Waals surface area contributed by atoms with Crippen LogP contribution in [-0.4, -0.2) is 30.8 Å². The van der Waals surface area contributed by atoms with E-state index < -0.39 is 0 Å². The van der Waals surface area contributed by atoms with Crippen LogP contribution in [-0.2, 0) is 11.2 Å². The average Bonchev–Trinajstić information content (AvgIpc) is 2.44. The zero-order valence-corrected chi connectivity index (χ0v) is 12.2. The van der Waals surface area contributed by atoms with Gasteiger partial charge in [0.15, 0.2) is 0 Å². The number of hydrogen-bond acceptors (Lipinski definition) is 3. The highest BCUT2D eigenvalue weighted by molar-refractivity contribution is 5.79. The molecule has 1 heterocycles. The second-order valence-corrected chi connectivity index (χ2v) is 6.18. The second-order valence-electron chi connectivity index (χ2n) is 6.18. The van der Waals surface area contributed by atoms with E-state index in [4.69, 9.17) is 9.84 Å². The minimum atomic E-state index is -0.130. The molecular weight excluding hydrogens is 254 g/mol. The molecule has 1 aliphatic heterocycles. The maximum Gasteiger partial charge on any atom is 0.226 e. The molecule has 0 aromatic heterocycles. The van der Waals surface area contributed by atoms with E-state index in [9.17, 15) is 4.79 Å². The third-order valence-corrected chi connectivity index (χ3v) is 3.78. The number of amides is 1. The Labute approximate surface area is 120 Å². The molecule has 0 spiro atoms. The van der Waals surface area contributed by atoms with Crippen LogP contribution in [0.15, 0.2) is 24.3 Å². The third-order valence-electron chi connectivity index (χ3n) is 3.78. The fourth-order valence-electron chi connectivity index (χ4n) is 2.36. The number of nitrogens with one attached hydrogen (secondary N) is 1. The first kappa shape index (κ1) is 14.9. The molecule has 0 bridgehead atoms. The van der Waals surface area contributed by atoms with Gasteiger partial charge in [-0.05, 0) is 29.9 Å². The SMILES string of the molecule is CC(C)(CCO)CNC(=O)C1COc2ccccc2C1. The van der Waals surface area contributed by atoms with Crippen molar-refractivity contribution in [2.45, 2.75) is 26.7 Å². The van der Waals surface area contributed by atoms with Crippen LogP contribution < -0.4 is 10.1 Å². The lowest BCUT2D eigenvalue weighted by Crippen LogP contribution is -2.41. The zero-order valence-electron chi connectivity index (χ0n) is 12.2. The summed E-state index contributed by atoms with van der Waals surface area (Å²) in [5.74, 6) is 0.789. The second kappa shape index (κ2) is 6.27. The molecule has 1 aromatic carbocycles. The van der Waals surface area contributed by atoms with E-state index in [1.165, 1.54) is 0 Å². The van der Waals surface area contributed by atoms with E-state index in [1.54, 1.807) is 0 Å². The smallest absolute Gasteiger partial charge is 0.226 e. The predicted octanol–water partition coefficient (Wildman–Crippen LogP) is 1.76. The van der Waals surface area contributed by atoms with Crippen molar-refractivity contribution in [1.29, 1.82) is 0 Å². The predicted molar refractivity (Wildman–Crippen MR) is 77.6 cm³/mol. The fraction of sp³-hybridized carbons (Fsp3) is 0.562. The standard InChI is InChI=1S/C16H23NO3/c1-16(2,7-8-18)11-17-15(19)13-9-12-5-3-4-6-14(12)20-10-13/h3-6,13,18H,7-11H2,1-2H3,(H,17,19). The van der Waals surface area contributed by atoms with Crippen molar-refractivity contribution in [3.63, 3.8) is 0 Å². The Hall–Kier alpha value is -1.55. The first-order chi connectivity index (χ1) is 9.52. The van der Waals surface area contributed by atoms with Crippen LogP contribution in [0.3, 0.4) is 0 Å². The summed E-state index contributed by atoms with van der Waals surface area (Å²) in [6.45, 7) is 5.23. The van der Waals surface area contributed by atoms with Gasteiger partial charge in [0.05, 0.1) is 5.92 Å². The number of carbonyl (C=O) groups is 1. The van der Waals surface area contributed by atoms with Gasteiger partial charge in [0.1, 0.15) is 12.4 Å². The summed E-state index contributed by atoms with van der Waals surface area (Å²) in [5.41, 5.74) is 1.01. The van der Waals surface area contributed by atoms with Crippen molar-refractivity contribution in [3.05, 3.63) is 29.8 Å². The van der Waals surface area contributed by atoms with E-state index in [2.05, 4.69) is 5.32 Å². The minimum Gasteiger partial charge on any atom is -0.492 e. The Bertz CT molecular complexity index is 471. The van der Waals surface area contributed by atoms with Crippen LogP contribution in [0.2, 0.25) is 0 Å². The lowest BCUT2D eigenvalue weighted by atomic mass is 9.89. The number of aliphatic hydroxyl groups excluding tert-OH is 1. The van der Waals surface area contributed by atoms with Crippen molar-refractivity contribution in [3.8, 4) is 5.75 Å². The van der Waals surface area contributed by atoms with Gasteiger partial charge in [0.2, 0.25) is 5.91 Å². The van der Waals surface area contributed by atoms with Crippen molar-refractivity contribution in [2.75, 3.05) is 19.8 Å². The first-order valence-electron chi connectivity index (χ1n) is 7.11. The van der Waals surface area contributed by atoms with E-state index in [0.717, 1.165) is 17.7 Å². The fourth-order valence-corrected chi connectivity index (χ4v) is 2.36. The molecule has 4 nitrogen and oxygen atoms in total. The molecule has 1 aliphatic rings. The number of rotatable bonds is 5. The van der Waals surface area contributed by atoms with Gasteiger partial charge in [-0.15, -0.1) is 0 Å². The van der Waals surface area contributed by atoms with Gasteiger partial charge in [0.25, 0.3) is 0 Å². The van der Waals surface area contributed by atoms with Gasteiger partial charge in [-0.3, -0.25) is 4.79 Å². The molecule has 110 valence electrons. The van der Waals surface area contributed by atoms with Crippen molar-refractivity contribution >= 4 is 5.91 Å². The van der Waals surface area contributed by atoms with Gasteiger partial charge in [-0.1, -0.05) is 32.0 Å². The number of para-hydroxylation sites is 1. The summed E-state index contributed by atoms with van der Waals surface area (Å²) in [6, 6.07) is 7.85. The van der Waals surface area contributed by atoms with Crippen LogP contribution in [0, 0.1) is 11.3 Å². The molecule has 0 saturated carbocycles. The molecule has 4 heteroatoms. The maximum atomic E-state index is 12.2. The van der Waals surface area contributed by atoms with Gasteiger partial charge < -0.3 is 15.2 Å². The quantitative estimate of drug-likeness (QED) is 0.862. The molecule has 1 amide bonds. The average molecular weight is 277 g/mol. The summed E-state index contributed by atoms with van der Waals surface area (Å²) in [4.78, 5) is 12.2. The van der Waals surface area contributed by atoms with E-state index in [1.807, 2.05) is 38.1 Å². The maximum absolute atomic E-state index is 12.2. The molecule has 1 atom stereocenters. The third kappa shape index (κ3) is 3.73. The van der Waals surface area contributed by atoms with E-state index >= 15 is 0 Å². The largest absolute Gasteiger partial charge is 0.492 e. The Kier molecular flexibility index (Phi) is 4.65. The summed E-state index contributed by atoms with van der Waals surface area (Å²) < 4.78 is 5.64. The Morgan fingerprint density at radius 1 is 1.45 bits per heavy atom. The summed E-state index contributed by atoms with van der Waals surface area (Å²) in [7, 11) is 0. The van der Waals surface area contributed by atoms with Crippen LogP contribution >= 0.6 is 0 Å². The molecular formula is C16H23NO3. The highest BCUT2D eigenvalue weighted by Gasteiger charge is 2.27. The van der Waals surface area contributed by atoms with Gasteiger partial charge in [-0.2, -0.15) is 0 Å². The number of carbonyl (C=O) groups excluding carboxylic acids is 1. The summed E-state index contributed by atoms with van der Waals surface area (Å²) >= 11 is 0. The van der Waals surface area contributed by atoms with E-state index in [0.29, 0.717) is 19.6 Å². The normalized spacial score (nSPS) is 18.1. The summed E-state index contributed by atoms with van der Waals surface area (Å²) in [6.07, 6.45) is 1.40. The highest BCUT2D eigenvalue weighted by atomic mass is 16.5. The molecule has 20 heavy (non-hydrogen) atoms. The van der Waals surface area contributed by atoms with E-state index in [-0.39, 0.29) is 23.8 Å². The molecule has 0 fully saturated rings. The Morgan fingerprint density at radius 2 is 2.20 bits per heavy atom. The molecule has 0 radical (unpaired) electrons. The first-order valence-corrected chi connectivity index (χ1v) is 7.11. The van der Waals surface area contributed by atoms with Crippen molar-refractivity contribution < 1.29 is 14.6 Å². The van der Waals surface area contributed by atoms with Crippen LogP contribution in [0.4, 0.5) is 0 Å². The molecule has 2 N–H and O–H groups in total. The highest BCUT2D eigenvalue weighted by Crippen LogP contribution is 2.27.